The number of benzene rings is 2. The summed E-state index contributed by atoms with van der Waals surface area (Å²) in [5, 5.41) is 12.3. The highest BCUT2D eigenvalue weighted by Crippen LogP contribution is 2.25. The molecule has 20 heavy (non-hydrogen) atoms. The Hall–Kier alpha value is -2.37. The highest BCUT2D eigenvalue weighted by Gasteiger charge is 2.31. The first-order chi connectivity index (χ1) is 9.42. The molecule has 6 heteroatoms. The van der Waals surface area contributed by atoms with Crippen molar-refractivity contribution in [3.05, 3.63) is 54.1 Å². The first kappa shape index (κ1) is 14.0. The lowest BCUT2D eigenvalue weighted by molar-refractivity contribution is -0.274. The van der Waals surface area contributed by atoms with Crippen molar-refractivity contribution in [1.82, 2.24) is 0 Å². The molecule has 0 unspecified atom stereocenters. The van der Waals surface area contributed by atoms with Gasteiger partial charge in [-0.25, -0.2) is 0 Å². The number of anilines is 1. The molecule has 0 fully saturated rings. The molecular weight excluding hydrogens is 271 g/mol. The topological polar surface area (TPSA) is 41.5 Å². The Kier molecular flexibility index (Phi) is 4.02. The normalized spacial score (nSPS) is 11.2. The van der Waals surface area contributed by atoms with Crippen LogP contribution in [-0.2, 0) is 6.54 Å². The van der Waals surface area contributed by atoms with Crippen molar-refractivity contribution >= 4 is 5.69 Å². The summed E-state index contributed by atoms with van der Waals surface area (Å²) >= 11 is 0. The summed E-state index contributed by atoms with van der Waals surface area (Å²) < 4.78 is 40.1. The average Bonchev–Trinajstić information content (AvgIpc) is 2.35. The first-order valence-electron chi connectivity index (χ1n) is 5.80. The molecule has 0 spiro atoms. The van der Waals surface area contributed by atoms with Gasteiger partial charge in [0.25, 0.3) is 0 Å². The number of hydrogen-bond donors (Lipinski definition) is 2. The summed E-state index contributed by atoms with van der Waals surface area (Å²) in [4.78, 5) is 0. The summed E-state index contributed by atoms with van der Waals surface area (Å²) in [6.45, 7) is 0.379. The quantitative estimate of drug-likeness (QED) is 0.894. The van der Waals surface area contributed by atoms with E-state index in [9.17, 15) is 18.3 Å². The standard InChI is InChI=1S/C14H12F3NO2/c15-14(16,17)20-13-6-2-4-11(8-13)18-9-10-3-1-5-12(19)7-10/h1-8,18-19H,9H2. The number of rotatable bonds is 4. The van der Waals surface area contributed by atoms with Crippen molar-refractivity contribution in [3.63, 3.8) is 0 Å². The third kappa shape index (κ3) is 4.38. The van der Waals surface area contributed by atoms with Crippen LogP contribution in [0.1, 0.15) is 5.56 Å². The van der Waals surface area contributed by atoms with E-state index in [1.165, 1.54) is 18.2 Å². The van der Waals surface area contributed by atoms with Gasteiger partial charge in [0.2, 0.25) is 0 Å². The van der Waals surface area contributed by atoms with Gasteiger partial charge in [-0.3, -0.25) is 0 Å². The smallest absolute Gasteiger partial charge is 0.508 e. The van der Waals surface area contributed by atoms with Crippen molar-refractivity contribution in [1.29, 1.82) is 0 Å². The summed E-state index contributed by atoms with van der Waals surface area (Å²) in [6.07, 6.45) is -4.70. The van der Waals surface area contributed by atoms with Gasteiger partial charge in [0.05, 0.1) is 0 Å². The van der Waals surface area contributed by atoms with E-state index in [1.54, 1.807) is 30.3 Å². The molecule has 106 valence electrons. The predicted molar refractivity (Wildman–Crippen MR) is 68.6 cm³/mol. The Morgan fingerprint density at radius 1 is 1.05 bits per heavy atom. The van der Waals surface area contributed by atoms with E-state index in [-0.39, 0.29) is 11.5 Å². The Morgan fingerprint density at radius 2 is 1.80 bits per heavy atom. The third-order valence-electron chi connectivity index (χ3n) is 2.47. The highest BCUT2D eigenvalue weighted by molar-refractivity contribution is 5.48. The molecule has 0 aliphatic heterocycles. The molecule has 0 saturated carbocycles. The van der Waals surface area contributed by atoms with E-state index >= 15 is 0 Å². The Balaban J connectivity index is 2.01. The number of hydrogen-bond acceptors (Lipinski definition) is 3. The Labute approximate surface area is 113 Å². The zero-order chi connectivity index (χ0) is 14.6. The molecule has 0 aliphatic carbocycles. The van der Waals surface area contributed by atoms with Crippen LogP contribution in [0.4, 0.5) is 18.9 Å². The van der Waals surface area contributed by atoms with Gasteiger partial charge < -0.3 is 15.2 Å². The van der Waals surface area contributed by atoms with Gasteiger partial charge in [-0.2, -0.15) is 0 Å². The molecule has 0 radical (unpaired) electrons. The van der Waals surface area contributed by atoms with Gasteiger partial charge >= 0.3 is 6.36 Å². The summed E-state index contributed by atoms with van der Waals surface area (Å²) in [5.41, 5.74) is 1.31. The van der Waals surface area contributed by atoms with Crippen molar-refractivity contribution < 1.29 is 23.0 Å². The number of aromatic hydroxyl groups is 1. The Morgan fingerprint density at radius 3 is 2.50 bits per heavy atom. The highest BCUT2D eigenvalue weighted by atomic mass is 19.4. The average molecular weight is 283 g/mol. The van der Waals surface area contributed by atoms with E-state index in [1.807, 2.05) is 0 Å². The van der Waals surface area contributed by atoms with Crippen LogP contribution in [0.15, 0.2) is 48.5 Å². The van der Waals surface area contributed by atoms with Crippen LogP contribution in [-0.4, -0.2) is 11.5 Å². The SMILES string of the molecule is Oc1cccc(CNc2cccc(OC(F)(F)F)c2)c1. The molecule has 0 aliphatic rings. The minimum absolute atomic E-state index is 0.137. The van der Waals surface area contributed by atoms with Gasteiger partial charge in [-0.1, -0.05) is 18.2 Å². The van der Waals surface area contributed by atoms with E-state index in [0.717, 1.165) is 5.56 Å². The molecule has 2 aromatic rings. The fourth-order valence-corrected chi connectivity index (χ4v) is 1.67. The Bertz CT molecular complexity index is 585. The molecule has 0 atom stereocenters. The van der Waals surface area contributed by atoms with E-state index in [0.29, 0.717) is 12.2 Å². The van der Waals surface area contributed by atoms with Crippen molar-refractivity contribution in [2.24, 2.45) is 0 Å². The minimum atomic E-state index is -4.70. The fourth-order valence-electron chi connectivity index (χ4n) is 1.67. The molecule has 0 amide bonds. The van der Waals surface area contributed by atoms with E-state index in [2.05, 4.69) is 10.1 Å². The molecule has 0 saturated heterocycles. The maximum Gasteiger partial charge on any atom is 0.573 e. The monoisotopic (exact) mass is 283 g/mol. The van der Waals surface area contributed by atoms with Crippen LogP contribution in [0.3, 0.4) is 0 Å². The molecule has 0 aromatic heterocycles. The number of phenols is 1. The van der Waals surface area contributed by atoms with Crippen LogP contribution in [0.5, 0.6) is 11.5 Å². The van der Waals surface area contributed by atoms with Gasteiger partial charge in [-0.05, 0) is 29.8 Å². The lowest BCUT2D eigenvalue weighted by Crippen LogP contribution is -2.17. The number of phenolic OH excluding ortho intramolecular Hbond substituents is 1. The second kappa shape index (κ2) is 5.73. The maximum atomic E-state index is 12.1. The zero-order valence-corrected chi connectivity index (χ0v) is 10.3. The second-order valence-corrected chi connectivity index (χ2v) is 4.10. The largest absolute Gasteiger partial charge is 0.573 e. The summed E-state index contributed by atoms with van der Waals surface area (Å²) in [6, 6.07) is 12.2. The van der Waals surface area contributed by atoms with Crippen LogP contribution < -0.4 is 10.1 Å². The summed E-state index contributed by atoms with van der Waals surface area (Å²) in [5.74, 6) is -0.142. The fraction of sp³-hybridized carbons (Fsp3) is 0.143. The van der Waals surface area contributed by atoms with Crippen molar-refractivity contribution in [3.8, 4) is 11.5 Å². The number of halogens is 3. The second-order valence-electron chi connectivity index (χ2n) is 4.10. The maximum absolute atomic E-state index is 12.1. The first-order valence-corrected chi connectivity index (χ1v) is 5.80. The number of alkyl halides is 3. The van der Waals surface area contributed by atoms with Crippen molar-refractivity contribution in [2.45, 2.75) is 12.9 Å². The summed E-state index contributed by atoms with van der Waals surface area (Å²) in [7, 11) is 0. The molecule has 0 heterocycles. The van der Waals surface area contributed by atoms with Gasteiger partial charge in [0.1, 0.15) is 11.5 Å². The molecule has 0 bridgehead atoms. The zero-order valence-electron chi connectivity index (χ0n) is 10.3. The van der Waals surface area contributed by atoms with Crippen LogP contribution >= 0.6 is 0 Å². The van der Waals surface area contributed by atoms with Crippen LogP contribution in [0.2, 0.25) is 0 Å². The van der Waals surface area contributed by atoms with E-state index in [4.69, 9.17) is 0 Å². The lowest BCUT2D eigenvalue weighted by atomic mass is 10.2. The van der Waals surface area contributed by atoms with Gasteiger partial charge in [0, 0.05) is 18.3 Å². The third-order valence-corrected chi connectivity index (χ3v) is 2.47. The van der Waals surface area contributed by atoms with Crippen LogP contribution in [0, 0.1) is 0 Å². The molecule has 2 N–H and O–H groups in total. The predicted octanol–water partition coefficient (Wildman–Crippen LogP) is 3.90. The molecular formula is C14H12F3NO2. The molecule has 2 rings (SSSR count). The van der Waals surface area contributed by atoms with E-state index < -0.39 is 6.36 Å². The lowest BCUT2D eigenvalue weighted by Gasteiger charge is -2.11. The molecule has 3 nitrogen and oxygen atoms in total. The minimum Gasteiger partial charge on any atom is -0.508 e. The molecule has 2 aromatic carbocycles. The van der Waals surface area contributed by atoms with Crippen molar-refractivity contribution in [2.75, 3.05) is 5.32 Å². The number of ether oxygens (including phenoxy) is 1. The van der Waals surface area contributed by atoms with Gasteiger partial charge in [0.15, 0.2) is 0 Å². The van der Waals surface area contributed by atoms with Crippen LogP contribution in [0.25, 0.3) is 0 Å². The van der Waals surface area contributed by atoms with Gasteiger partial charge in [-0.15, -0.1) is 13.2 Å². The number of nitrogens with one attached hydrogen (secondary N) is 1.